The zero-order valence-electron chi connectivity index (χ0n) is 15.6. The molecule has 4 rings (SSSR count). The van der Waals surface area contributed by atoms with Gasteiger partial charge < -0.3 is 10.3 Å². The van der Waals surface area contributed by atoms with Crippen LogP contribution in [0.15, 0.2) is 47.3 Å². The van der Waals surface area contributed by atoms with E-state index in [1.807, 2.05) is 6.07 Å². The van der Waals surface area contributed by atoms with Gasteiger partial charge in [-0.3, -0.25) is 9.13 Å². The van der Waals surface area contributed by atoms with Crippen molar-refractivity contribution in [1.29, 1.82) is 0 Å². The Hall–Kier alpha value is -2.86. The highest BCUT2D eigenvalue weighted by Gasteiger charge is 2.15. The fraction of sp³-hybridized carbons (Fsp3) is 0.286. The lowest BCUT2D eigenvalue weighted by Crippen LogP contribution is -2.23. The van der Waals surface area contributed by atoms with Gasteiger partial charge in [-0.05, 0) is 48.4 Å². The highest BCUT2D eigenvalue weighted by Crippen LogP contribution is 2.24. The van der Waals surface area contributed by atoms with Crippen LogP contribution in [0.25, 0.3) is 21.9 Å². The van der Waals surface area contributed by atoms with Gasteiger partial charge in [0.15, 0.2) is 0 Å². The minimum absolute atomic E-state index is 0.147. The van der Waals surface area contributed by atoms with Gasteiger partial charge in [0.2, 0.25) is 0 Å². The third kappa shape index (κ3) is 2.86. The molecule has 140 valence electrons. The van der Waals surface area contributed by atoms with E-state index in [0.29, 0.717) is 18.6 Å². The van der Waals surface area contributed by atoms with Crippen LogP contribution in [0.5, 0.6) is 0 Å². The summed E-state index contributed by atoms with van der Waals surface area (Å²) in [6.45, 7) is 3.87. The van der Waals surface area contributed by atoms with Crippen LogP contribution in [-0.2, 0) is 26.7 Å². The second-order valence-corrected chi connectivity index (χ2v) is 6.95. The van der Waals surface area contributed by atoms with Crippen LogP contribution in [0.4, 0.5) is 4.39 Å². The summed E-state index contributed by atoms with van der Waals surface area (Å²) in [6.07, 6.45) is 0.981. The van der Waals surface area contributed by atoms with Gasteiger partial charge >= 0.3 is 5.69 Å². The zero-order chi connectivity index (χ0) is 19.1. The van der Waals surface area contributed by atoms with Gasteiger partial charge in [-0.25, -0.2) is 9.18 Å². The summed E-state index contributed by atoms with van der Waals surface area (Å²) >= 11 is 0. The van der Waals surface area contributed by atoms with Crippen molar-refractivity contribution in [3.63, 3.8) is 0 Å². The molecule has 0 saturated heterocycles. The van der Waals surface area contributed by atoms with E-state index in [1.165, 1.54) is 12.1 Å². The van der Waals surface area contributed by atoms with Gasteiger partial charge in [0, 0.05) is 36.7 Å². The SMILES string of the molecule is CCCn1c(Cn2c(=O)n(C)c3ccc(F)cc32)cc2cc(CN)ccc21. The van der Waals surface area contributed by atoms with Crippen LogP contribution in [-0.4, -0.2) is 13.7 Å². The third-order valence-electron chi connectivity index (χ3n) is 5.16. The van der Waals surface area contributed by atoms with Gasteiger partial charge in [-0.2, -0.15) is 0 Å². The van der Waals surface area contributed by atoms with Crippen molar-refractivity contribution in [3.05, 3.63) is 70.0 Å². The molecule has 0 radical (unpaired) electrons. The van der Waals surface area contributed by atoms with Crippen LogP contribution < -0.4 is 11.4 Å². The van der Waals surface area contributed by atoms with E-state index >= 15 is 0 Å². The van der Waals surface area contributed by atoms with Crippen LogP contribution in [0.3, 0.4) is 0 Å². The Labute approximate surface area is 156 Å². The number of nitrogens with two attached hydrogens (primary N) is 1. The standard InChI is InChI=1S/C21H23FN4O/c1-3-8-25-17(10-15-9-14(12-23)4-6-18(15)25)13-26-20-11-16(22)5-7-19(20)24(2)21(26)27/h4-7,9-11H,3,8,12-13,23H2,1-2H3. The molecule has 0 saturated carbocycles. The van der Waals surface area contributed by atoms with Gasteiger partial charge in [-0.1, -0.05) is 13.0 Å². The van der Waals surface area contributed by atoms with E-state index in [9.17, 15) is 9.18 Å². The molecule has 0 aliphatic carbocycles. The van der Waals surface area contributed by atoms with E-state index < -0.39 is 0 Å². The number of rotatable bonds is 5. The van der Waals surface area contributed by atoms with Crippen LogP contribution in [0.1, 0.15) is 24.6 Å². The highest BCUT2D eigenvalue weighted by atomic mass is 19.1. The molecule has 6 heteroatoms. The predicted octanol–water partition coefficient (Wildman–Crippen LogP) is 3.35. The number of hydrogen-bond acceptors (Lipinski definition) is 2. The number of halogens is 1. The summed E-state index contributed by atoms with van der Waals surface area (Å²) in [5.74, 6) is -0.344. The average Bonchev–Trinajstić information content (AvgIpc) is 3.12. The van der Waals surface area contributed by atoms with Crippen molar-refractivity contribution in [2.24, 2.45) is 12.8 Å². The van der Waals surface area contributed by atoms with Crippen molar-refractivity contribution < 1.29 is 4.39 Å². The molecule has 0 unspecified atom stereocenters. The summed E-state index contributed by atoms with van der Waals surface area (Å²) in [5, 5.41) is 1.11. The molecule has 0 fully saturated rings. The first-order valence-electron chi connectivity index (χ1n) is 9.19. The molecule has 0 aliphatic heterocycles. The normalized spacial score (nSPS) is 11.7. The third-order valence-corrected chi connectivity index (χ3v) is 5.16. The lowest BCUT2D eigenvalue weighted by molar-refractivity contribution is 0.623. The Balaban J connectivity index is 1.90. The molecule has 0 spiro atoms. The maximum absolute atomic E-state index is 13.8. The van der Waals surface area contributed by atoms with Crippen LogP contribution >= 0.6 is 0 Å². The predicted molar refractivity (Wildman–Crippen MR) is 106 cm³/mol. The molecule has 4 aromatic rings. The fourth-order valence-corrected chi connectivity index (χ4v) is 3.82. The molecule has 0 aliphatic rings. The topological polar surface area (TPSA) is 57.9 Å². The van der Waals surface area contributed by atoms with E-state index in [1.54, 1.807) is 22.2 Å². The molecule has 2 heterocycles. The number of fused-ring (bicyclic) bond motifs is 2. The maximum Gasteiger partial charge on any atom is 0.329 e. The molecular weight excluding hydrogens is 343 g/mol. The first-order valence-corrected chi connectivity index (χ1v) is 9.19. The molecule has 0 bridgehead atoms. The van der Waals surface area contributed by atoms with Crippen molar-refractivity contribution >= 4 is 21.9 Å². The summed E-state index contributed by atoms with van der Waals surface area (Å²) < 4.78 is 19.2. The molecule has 5 nitrogen and oxygen atoms in total. The molecule has 0 amide bonds. The Bertz CT molecular complexity index is 1200. The molecule has 2 N–H and O–H groups in total. The van der Waals surface area contributed by atoms with Gasteiger partial charge in [0.1, 0.15) is 5.82 Å². The monoisotopic (exact) mass is 366 g/mol. The summed E-state index contributed by atoms with van der Waals surface area (Å²) in [5.41, 5.74) is 10.2. The Morgan fingerprint density at radius 3 is 2.52 bits per heavy atom. The zero-order valence-corrected chi connectivity index (χ0v) is 15.6. The van der Waals surface area contributed by atoms with Crippen LogP contribution in [0.2, 0.25) is 0 Å². The number of benzene rings is 2. The van der Waals surface area contributed by atoms with E-state index in [4.69, 9.17) is 5.73 Å². The van der Waals surface area contributed by atoms with Gasteiger partial charge in [0.05, 0.1) is 17.6 Å². The smallest absolute Gasteiger partial charge is 0.329 e. The minimum atomic E-state index is -0.344. The van der Waals surface area contributed by atoms with Crippen molar-refractivity contribution in [3.8, 4) is 0 Å². The number of nitrogens with zero attached hydrogens (tertiary/aromatic N) is 3. The minimum Gasteiger partial charge on any atom is -0.343 e. The van der Waals surface area contributed by atoms with E-state index in [0.717, 1.165) is 40.6 Å². The van der Waals surface area contributed by atoms with Gasteiger partial charge in [-0.15, -0.1) is 0 Å². The molecule has 0 atom stereocenters. The van der Waals surface area contributed by atoms with Crippen molar-refractivity contribution in [2.75, 3.05) is 0 Å². The van der Waals surface area contributed by atoms with E-state index in [-0.39, 0.29) is 11.5 Å². The molecular formula is C21H23FN4O. The average molecular weight is 366 g/mol. The summed E-state index contributed by atoms with van der Waals surface area (Å²) in [4.78, 5) is 12.8. The quantitative estimate of drug-likeness (QED) is 0.589. The fourth-order valence-electron chi connectivity index (χ4n) is 3.82. The summed E-state index contributed by atoms with van der Waals surface area (Å²) in [7, 11) is 1.72. The van der Waals surface area contributed by atoms with Crippen LogP contribution in [0, 0.1) is 5.82 Å². The van der Waals surface area contributed by atoms with Crippen molar-refractivity contribution in [1.82, 2.24) is 13.7 Å². The van der Waals surface area contributed by atoms with E-state index in [2.05, 4.69) is 29.7 Å². The Morgan fingerprint density at radius 2 is 1.78 bits per heavy atom. The molecule has 2 aromatic carbocycles. The largest absolute Gasteiger partial charge is 0.343 e. The van der Waals surface area contributed by atoms with Crippen molar-refractivity contribution in [2.45, 2.75) is 33.0 Å². The molecule has 2 aromatic heterocycles. The second-order valence-electron chi connectivity index (χ2n) is 6.95. The number of aryl methyl sites for hydroxylation is 2. The first-order chi connectivity index (χ1) is 13.0. The maximum atomic E-state index is 13.8. The Morgan fingerprint density at radius 1 is 1.00 bits per heavy atom. The molecule has 27 heavy (non-hydrogen) atoms. The number of aromatic nitrogens is 3. The number of imidazole rings is 1. The van der Waals surface area contributed by atoms with Gasteiger partial charge in [0.25, 0.3) is 0 Å². The highest BCUT2D eigenvalue weighted by molar-refractivity contribution is 5.82. The second kappa shape index (κ2) is 6.70. The summed E-state index contributed by atoms with van der Waals surface area (Å²) in [6, 6.07) is 12.8. The first kappa shape index (κ1) is 17.5. The lowest BCUT2D eigenvalue weighted by atomic mass is 10.1. The number of hydrogen-bond donors (Lipinski definition) is 1. The Kier molecular flexibility index (Phi) is 4.36. The lowest BCUT2D eigenvalue weighted by Gasteiger charge is -2.10.